The summed E-state index contributed by atoms with van der Waals surface area (Å²) in [6.07, 6.45) is 5.16. The molecule has 1 heterocycles. The molecule has 0 radical (unpaired) electrons. The summed E-state index contributed by atoms with van der Waals surface area (Å²) in [5.74, 6) is 0. The number of aryl methyl sites for hydroxylation is 1. The Bertz CT molecular complexity index is 703. The summed E-state index contributed by atoms with van der Waals surface area (Å²) < 4.78 is 27.0. The summed E-state index contributed by atoms with van der Waals surface area (Å²) in [6, 6.07) is 6.28. The molecule has 0 saturated carbocycles. The predicted octanol–water partition coefficient (Wildman–Crippen LogP) is 2.22. The number of hydroxylamine groups is 2. The minimum absolute atomic E-state index is 0.0619. The quantitative estimate of drug-likeness (QED) is 0.864. The van der Waals surface area contributed by atoms with Crippen molar-refractivity contribution in [2.45, 2.75) is 11.8 Å². The molecule has 20 heavy (non-hydrogen) atoms. The molecule has 0 aromatic heterocycles. The van der Waals surface area contributed by atoms with Gasteiger partial charge in [0.2, 0.25) is 0 Å². The predicted molar refractivity (Wildman–Crippen MR) is 72.6 cm³/mol. The fraction of sp³-hybridized carbons (Fsp3) is 0.0833. The average molecular weight is 292 g/mol. The molecule has 0 unspecified atom stereocenters. The monoisotopic (exact) mass is 292 g/mol. The SMILES string of the molecule is Cc1ccc(S(=O)(=O)N=NC=C2C=CN=CN2O)cc1. The molecule has 0 saturated heterocycles. The number of allylic oxidation sites excluding steroid dienone is 1. The molecular weight excluding hydrogens is 280 g/mol. The summed E-state index contributed by atoms with van der Waals surface area (Å²) in [4.78, 5) is 3.72. The zero-order valence-corrected chi connectivity index (χ0v) is 11.4. The third kappa shape index (κ3) is 3.37. The third-order valence-electron chi connectivity index (χ3n) is 2.44. The summed E-state index contributed by atoms with van der Waals surface area (Å²) in [7, 11) is -3.84. The van der Waals surface area contributed by atoms with Gasteiger partial charge in [-0.25, -0.2) is 10.1 Å². The molecule has 0 spiro atoms. The lowest BCUT2D eigenvalue weighted by molar-refractivity contribution is 0.0319. The highest BCUT2D eigenvalue weighted by Gasteiger charge is 2.12. The van der Waals surface area contributed by atoms with Crippen LogP contribution in [0.2, 0.25) is 0 Å². The molecule has 1 aromatic carbocycles. The van der Waals surface area contributed by atoms with E-state index in [0.717, 1.165) is 18.1 Å². The summed E-state index contributed by atoms with van der Waals surface area (Å²) in [5, 5.41) is 13.5. The van der Waals surface area contributed by atoms with Crippen molar-refractivity contribution in [1.29, 1.82) is 0 Å². The zero-order valence-electron chi connectivity index (χ0n) is 10.6. The lowest BCUT2D eigenvalue weighted by Gasteiger charge is -2.12. The first kappa shape index (κ1) is 14.1. The number of hydrogen-bond acceptors (Lipinski definition) is 6. The fourth-order valence-electron chi connectivity index (χ4n) is 1.37. The fourth-order valence-corrected chi connectivity index (χ4v) is 2.11. The van der Waals surface area contributed by atoms with Crippen molar-refractivity contribution in [2.24, 2.45) is 14.6 Å². The van der Waals surface area contributed by atoms with E-state index < -0.39 is 10.0 Å². The number of benzene rings is 1. The Hall–Kier alpha value is -2.32. The molecule has 0 amide bonds. The Balaban J connectivity index is 2.18. The van der Waals surface area contributed by atoms with Gasteiger partial charge in [0.25, 0.3) is 10.0 Å². The minimum atomic E-state index is -3.84. The Morgan fingerprint density at radius 3 is 2.65 bits per heavy atom. The average Bonchev–Trinajstić information content (AvgIpc) is 2.41. The van der Waals surface area contributed by atoms with Crippen LogP contribution in [0.25, 0.3) is 0 Å². The normalized spacial score (nSPS) is 17.3. The molecule has 1 aromatic rings. The van der Waals surface area contributed by atoms with Crippen molar-refractivity contribution in [2.75, 3.05) is 0 Å². The van der Waals surface area contributed by atoms with Crippen molar-refractivity contribution in [3.63, 3.8) is 0 Å². The van der Waals surface area contributed by atoms with Gasteiger partial charge in [-0.05, 0) is 25.1 Å². The molecule has 2 rings (SSSR count). The maximum absolute atomic E-state index is 11.9. The standard InChI is InChI=1S/C12H12N4O3S/c1-10-2-4-12(5-3-10)20(18,19)15-14-8-11-6-7-13-9-16(11)17/h2-9,17H,1H3. The molecule has 0 atom stereocenters. The van der Waals surface area contributed by atoms with Crippen molar-refractivity contribution in [3.05, 3.63) is 54.0 Å². The third-order valence-corrected chi connectivity index (χ3v) is 3.61. The molecule has 1 aliphatic rings. The first-order chi connectivity index (χ1) is 9.49. The van der Waals surface area contributed by atoms with E-state index in [9.17, 15) is 13.6 Å². The Morgan fingerprint density at radius 2 is 2.00 bits per heavy atom. The maximum Gasteiger partial charge on any atom is 0.299 e. The minimum Gasteiger partial charge on any atom is -0.283 e. The van der Waals surface area contributed by atoms with Crippen molar-refractivity contribution < 1.29 is 13.6 Å². The van der Waals surface area contributed by atoms with E-state index in [0.29, 0.717) is 5.06 Å². The van der Waals surface area contributed by atoms with E-state index in [1.165, 1.54) is 24.4 Å². The number of nitrogens with zero attached hydrogens (tertiary/aromatic N) is 4. The lowest BCUT2D eigenvalue weighted by atomic mass is 10.2. The van der Waals surface area contributed by atoms with Gasteiger partial charge in [0, 0.05) is 6.20 Å². The van der Waals surface area contributed by atoms with Gasteiger partial charge in [0.15, 0.2) is 0 Å². The molecule has 0 bridgehead atoms. The Morgan fingerprint density at radius 1 is 1.30 bits per heavy atom. The molecule has 7 nitrogen and oxygen atoms in total. The van der Waals surface area contributed by atoms with Crippen LogP contribution in [-0.4, -0.2) is 25.0 Å². The van der Waals surface area contributed by atoms with Crippen LogP contribution in [0.5, 0.6) is 0 Å². The lowest BCUT2D eigenvalue weighted by Crippen LogP contribution is -2.16. The molecule has 0 aliphatic carbocycles. The second-order valence-corrected chi connectivity index (χ2v) is 5.55. The van der Waals surface area contributed by atoms with Gasteiger partial charge in [-0.1, -0.05) is 22.2 Å². The van der Waals surface area contributed by atoms with Crippen LogP contribution in [0.1, 0.15) is 5.56 Å². The van der Waals surface area contributed by atoms with Crippen LogP contribution in [-0.2, 0) is 10.0 Å². The second-order valence-electron chi connectivity index (χ2n) is 3.96. The van der Waals surface area contributed by atoms with Crippen molar-refractivity contribution in [1.82, 2.24) is 5.06 Å². The smallest absolute Gasteiger partial charge is 0.283 e. The highest BCUT2D eigenvalue weighted by atomic mass is 32.2. The number of rotatable bonds is 3. The molecule has 8 heteroatoms. The van der Waals surface area contributed by atoms with Crippen molar-refractivity contribution in [3.8, 4) is 0 Å². The topological polar surface area (TPSA) is 94.7 Å². The second kappa shape index (κ2) is 5.76. The van der Waals surface area contributed by atoms with E-state index in [-0.39, 0.29) is 10.6 Å². The number of sulfonamides is 1. The van der Waals surface area contributed by atoms with Gasteiger partial charge in [-0.2, -0.15) is 8.42 Å². The van der Waals surface area contributed by atoms with Crippen LogP contribution >= 0.6 is 0 Å². The number of aliphatic imine (C=N–C) groups is 1. The van der Waals surface area contributed by atoms with Crippen LogP contribution < -0.4 is 0 Å². The Kier molecular flexibility index (Phi) is 4.06. The van der Waals surface area contributed by atoms with E-state index in [1.54, 1.807) is 12.1 Å². The highest BCUT2D eigenvalue weighted by Crippen LogP contribution is 2.14. The molecule has 0 fully saturated rings. The molecule has 104 valence electrons. The molecule has 1 aliphatic heterocycles. The van der Waals surface area contributed by atoms with Gasteiger partial charge in [0.05, 0.1) is 16.8 Å². The number of hydrogen-bond donors (Lipinski definition) is 1. The van der Waals surface area contributed by atoms with Gasteiger partial charge in [-0.3, -0.25) is 5.21 Å². The van der Waals surface area contributed by atoms with E-state index in [4.69, 9.17) is 0 Å². The zero-order chi connectivity index (χ0) is 14.6. The largest absolute Gasteiger partial charge is 0.299 e. The van der Waals surface area contributed by atoms with Gasteiger partial charge < -0.3 is 0 Å². The van der Waals surface area contributed by atoms with Gasteiger partial charge in [0.1, 0.15) is 6.34 Å². The molecular formula is C12H12N4O3S. The summed E-state index contributed by atoms with van der Waals surface area (Å²) >= 11 is 0. The van der Waals surface area contributed by atoms with E-state index >= 15 is 0 Å². The van der Waals surface area contributed by atoms with Gasteiger partial charge >= 0.3 is 0 Å². The van der Waals surface area contributed by atoms with Gasteiger partial charge in [-0.15, -0.1) is 5.11 Å². The first-order valence-electron chi connectivity index (χ1n) is 5.61. The molecule has 1 N–H and O–H groups in total. The van der Waals surface area contributed by atoms with Crippen LogP contribution in [0.3, 0.4) is 0 Å². The van der Waals surface area contributed by atoms with Crippen LogP contribution in [0, 0.1) is 6.92 Å². The summed E-state index contributed by atoms with van der Waals surface area (Å²) in [6.45, 7) is 1.86. The maximum atomic E-state index is 11.9. The highest BCUT2D eigenvalue weighted by molar-refractivity contribution is 7.90. The van der Waals surface area contributed by atoms with Crippen LogP contribution in [0.4, 0.5) is 0 Å². The summed E-state index contributed by atoms with van der Waals surface area (Å²) in [5.41, 5.74) is 1.20. The van der Waals surface area contributed by atoms with E-state index in [2.05, 4.69) is 14.6 Å². The van der Waals surface area contributed by atoms with Crippen molar-refractivity contribution >= 4 is 16.4 Å². The van der Waals surface area contributed by atoms with Crippen LogP contribution in [0.15, 0.2) is 68.0 Å². The first-order valence-corrected chi connectivity index (χ1v) is 7.05. The van der Waals surface area contributed by atoms with E-state index in [1.807, 2.05) is 6.92 Å². The Labute approximate surface area is 116 Å².